The molecule has 0 fully saturated rings. The number of furan rings is 1. The summed E-state index contributed by atoms with van der Waals surface area (Å²) in [5, 5.41) is 7.41. The van der Waals surface area contributed by atoms with E-state index in [1.807, 2.05) is 55.6 Å². The Labute approximate surface area is 183 Å². The predicted molar refractivity (Wildman–Crippen MR) is 121 cm³/mol. The Morgan fingerprint density at radius 3 is 2.73 bits per heavy atom. The number of benzene rings is 2. The topological polar surface area (TPSA) is 64.4 Å². The van der Waals surface area contributed by atoms with E-state index in [-0.39, 0.29) is 5.91 Å². The molecule has 0 aliphatic rings. The molecule has 1 N–H and O–H groups in total. The van der Waals surface area contributed by atoms with Crippen molar-refractivity contribution in [2.75, 3.05) is 13.7 Å². The standard InChI is InChI=1S/C23H21ClN2O3S/c1-13-10-20-18(11-19(13)24)14(2)21(29-20)22(27)25-9-8-16-12-30-23(26-16)15-4-6-17(28-3)7-5-15/h4-7,10-12H,8-9H2,1-3H3,(H,25,27). The van der Waals surface area contributed by atoms with Gasteiger partial charge in [-0.1, -0.05) is 11.6 Å². The lowest BCUT2D eigenvalue weighted by molar-refractivity contribution is 0.0927. The highest BCUT2D eigenvalue weighted by Gasteiger charge is 2.18. The molecule has 4 aromatic rings. The number of aromatic nitrogens is 1. The van der Waals surface area contributed by atoms with Crippen molar-refractivity contribution in [2.45, 2.75) is 20.3 Å². The number of aryl methyl sites for hydroxylation is 2. The average Bonchev–Trinajstić information content (AvgIpc) is 3.34. The molecule has 4 rings (SSSR count). The largest absolute Gasteiger partial charge is 0.497 e. The summed E-state index contributed by atoms with van der Waals surface area (Å²) in [5.74, 6) is 0.906. The lowest BCUT2D eigenvalue weighted by Gasteiger charge is -2.02. The van der Waals surface area contributed by atoms with E-state index in [4.69, 9.17) is 20.8 Å². The molecule has 30 heavy (non-hydrogen) atoms. The van der Waals surface area contributed by atoms with Crippen LogP contribution in [0.5, 0.6) is 5.75 Å². The number of carbonyl (C=O) groups excluding carboxylic acids is 1. The van der Waals surface area contributed by atoms with Gasteiger partial charge in [0, 0.05) is 39.9 Å². The van der Waals surface area contributed by atoms with Gasteiger partial charge in [0.1, 0.15) is 16.3 Å². The number of rotatable bonds is 6. The highest BCUT2D eigenvalue weighted by Crippen LogP contribution is 2.30. The van der Waals surface area contributed by atoms with Crippen molar-refractivity contribution in [2.24, 2.45) is 0 Å². The molecular weight excluding hydrogens is 420 g/mol. The molecular formula is C23H21ClN2O3S. The fourth-order valence-corrected chi connectivity index (χ4v) is 4.25. The molecule has 0 aliphatic carbocycles. The Balaban J connectivity index is 1.40. The summed E-state index contributed by atoms with van der Waals surface area (Å²) < 4.78 is 11.0. The van der Waals surface area contributed by atoms with E-state index in [9.17, 15) is 4.79 Å². The first kappa shape index (κ1) is 20.4. The van der Waals surface area contributed by atoms with Crippen LogP contribution < -0.4 is 10.1 Å². The number of nitrogens with zero attached hydrogens (tertiary/aromatic N) is 1. The summed E-state index contributed by atoms with van der Waals surface area (Å²) in [6.45, 7) is 4.25. The highest BCUT2D eigenvalue weighted by molar-refractivity contribution is 7.13. The van der Waals surface area contributed by atoms with Crippen molar-refractivity contribution < 1.29 is 13.9 Å². The van der Waals surface area contributed by atoms with Crippen molar-refractivity contribution >= 4 is 39.8 Å². The van der Waals surface area contributed by atoms with E-state index in [1.54, 1.807) is 18.4 Å². The highest BCUT2D eigenvalue weighted by atomic mass is 35.5. The first-order chi connectivity index (χ1) is 14.5. The summed E-state index contributed by atoms with van der Waals surface area (Å²) in [5.41, 5.74) is 4.36. The number of halogens is 1. The second kappa shape index (κ2) is 8.50. The van der Waals surface area contributed by atoms with Crippen molar-refractivity contribution in [3.63, 3.8) is 0 Å². The summed E-state index contributed by atoms with van der Waals surface area (Å²) >= 11 is 7.79. The fourth-order valence-electron chi connectivity index (χ4n) is 3.23. The number of carbonyl (C=O) groups is 1. The molecule has 0 spiro atoms. The Hall–Kier alpha value is -2.83. The number of hydrogen-bond donors (Lipinski definition) is 1. The Kier molecular flexibility index (Phi) is 5.79. The Bertz CT molecular complexity index is 1210. The lowest BCUT2D eigenvalue weighted by Crippen LogP contribution is -2.25. The minimum atomic E-state index is -0.233. The zero-order valence-electron chi connectivity index (χ0n) is 16.9. The number of nitrogens with one attached hydrogen (secondary N) is 1. The van der Waals surface area contributed by atoms with Gasteiger partial charge in [-0.2, -0.15) is 0 Å². The van der Waals surface area contributed by atoms with Crippen LogP contribution in [0.3, 0.4) is 0 Å². The SMILES string of the molecule is COc1ccc(-c2nc(CCNC(=O)c3oc4cc(C)c(Cl)cc4c3C)cs2)cc1. The molecule has 5 nitrogen and oxygen atoms in total. The van der Waals surface area contributed by atoms with Gasteiger partial charge in [0.25, 0.3) is 5.91 Å². The first-order valence-electron chi connectivity index (χ1n) is 9.52. The smallest absolute Gasteiger partial charge is 0.287 e. The molecule has 0 radical (unpaired) electrons. The first-order valence-corrected chi connectivity index (χ1v) is 10.8. The van der Waals surface area contributed by atoms with Gasteiger partial charge >= 0.3 is 0 Å². The van der Waals surface area contributed by atoms with E-state index in [1.165, 1.54) is 0 Å². The number of amides is 1. The van der Waals surface area contributed by atoms with Crippen LogP contribution in [0, 0.1) is 13.8 Å². The third-order valence-electron chi connectivity index (χ3n) is 4.98. The molecule has 154 valence electrons. The number of ether oxygens (including phenoxy) is 1. The summed E-state index contributed by atoms with van der Waals surface area (Å²) in [6, 6.07) is 11.5. The van der Waals surface area contributed by atoms with Crippen molar-refractivity contribution in [1.82, 2.24) is 10.3 Å². The minimum absolute atomic E-state index is 0.233. The monoisotopic (exact) mass is 440 g/mol. The quantitative estimate of drug-likeness (QED) is 0.411. The van der Waals surface area contributed by atoms with E-state index >= 15 is 0 Å². The predicted octanol–water partition coefficient (Wildman–Crippen LogP) is 5.81. The van der Waals surface area contributed by atoms with Gasteiger partial charge in [-0.15, -0.1) is 11.3 Å². The summed E-state index contributed by atoms with van der Waals surface area (Å²) in [6.07, 6.45) is 0.641. The van der Waals surface area contributed by atoms with Crippen molar-refractivity contribution in [1.29, 1.82) is 0 Å². The van der Waals surface area contributed by atoms with Gasteiger partial charge in [0.15, 0.2) is 5.76 Å². The third kappa shape index (κ3) is 4.06. The van der Waals surface area contributed by atoms with Crippen LogP contribution in [0.25, 0.3) is 21.5 Å². The van der Waals surface area contributed by atoms with Crippen molar-refractivity contribution in [3.8, 4) is 16.3 Å². The Morgan fingerprint density at radius 2 is 2.00 bits per heavy atom. The maximum Gasteiger partial charge on any atom is 0.287 e. The molecule has 1 amide bonds. The van der Waals surface area contributed by atoms with Gasteiger partial charge < -0.3 is 14.5 Å². The number of methoxy groups -OCH3 is 1. The summed E-state index contributed by atoms with van der Waals surface area (Å²) in [4.78, 5) is 17.3. The normalized spacial score (nSPS) is 11.1. The lowest BCUT2D eigenvalue weighted by atomic mass is 10.1. The molecule has 2 aromatic carbocycles. The van der Waals surface area contributed by atoms with Crippen LogP contribution in [0.1, 0.15) is 27.4 Å². The number of thiazole rings is 1. The minimum Gasteiger partial charge on any atom is -0.497 e. The van der Waals surface area contributed by atoms with Crippen molar-refractivity contribution in [3.05, 3.63) is 69.4 Å². The zero-order valence-corrected chi connectivity index (χ0v) is 18.5. The molecule has 7 heteroatoms. The molecule has 2 heterocycles. The molecule has 0 unspecified atom stereocenters. The molecule has 0 bridgehead atoms. The van der Waals surface area contributed by atoms with Gasteiger partial charge in [0.2, 0.25) is 0 Å². The van der Waals surface area contributed by atoms with Crippen LogP contribution in [-0.4, -0.2) is 24.5 Å². The van der Waals surface area contributed by atoms with Crippen LogP contribution in [0.2, 0.25) is 5.02 Å². The maximum absolute atomic E-state index is 12.6. The maximum atomic E-state index is 12.6. The van der Waals surface area contributed by atoms with Gasteiger partial charge in [-0.25, -0.2) is 4.98 Å². The van der Waals surface area contributed by atoms with Gasteiger partial charge in [-0.05, 0) is 55.8 Å². The molecule has 0 aliphatic heterocycles. The summed E-state index contributed by atoms with van der Waals surface area (Å²) in [7, 11) is 1.65. The number of fused-ring (bicyclic) bond motifs is 1. The van der Waals surface area contributed by atoms with Gasteiger partial charge in [-0.3, -0.25) is 4.79 Å². The number of hydrogen-bond acceptors (Lipinski definition) is 5. The molecule has 2 aromatic heterocycles. The third-order valence-corrected chi connectivity index (χ3v) is 6.33. The van der Waals surface area contributed by atoms with Gasteiger partial charge in [0.05, 0.1) is 12.8 Å². The average molecular weight is 441 g/mol. The molecule has 0 saturated carbocycles. The van der Waals surface area contributed by atoms with E-state index < -0.39 is 0 Å². The van der Waals surface area contributed by atoms with Crippen LogP contribution in [-0.2, 0) is 6.42 Å². The fraction of sp³-hybridized carbons (Fsp3) is 0.217. The molecule has 0 atom stereocenters. The second-order valence-corrected chi connectivity index (χ2v) is 8.30. The van der Waals surface area contributed by atoms with E-state index in [2.05, 4.69) is 10.3 Å². The second-order valence-electron chi connectivity index (χ2n) is 7.03. The molecule has 0 saturated heterocycles. The van der Waals surface area contributed by atoms with Crippen LogP contribution in [0.15, 0.2) is 46.2 Å². The van der Waals surface area contributed by atoms with Crippen LogP contribution in [0.4, 0.5) is 0 Å². The van der Waals surface area contributed by atoms with Crippen LogP contribution >= 0.6 is 22.9 Å². The Morgan fingerprint density at radius 1 is 1.23 bits per heavy atom. The van der Waals surface area contributed by atoms with E-state index in [0.29, 0.717) is 29.3 Å². The van der Waals surface area contributed by atoms with E-state index in [0.717, 1.165) is 38.5 Å². The zero-order chi connectivity index (χ0) is 21.3.